The van der Waals surface area contributed by atoms with Gasteiger partial charge in [-0.1, -0.05) is 48.0 Å². The highest BCUT2D eigenvalue weighted by molar-refractivity contribution is 6.32. The number of halogens is 4. The number of hydrogen-bond donors (Lipinski definition) is 1. The van der Waals surface area contributed by atoms with E-state index in [2.05, 4.69) is 5.10 Å². The van der Waals surface area contributed by atoms with E-state index in [1.165, 1.54) is 17.0 Å². The highest BCUT2D eigenvalue weighted by atomic mass is 35.5. The second kappa shape index (κ2) is 8.64. The molecule has 1 aromatic heterocycles. The van der Waals surface area contributed by atoms with Crippen LogP contribution in [-0.2, 0) is 6.18 Å². The van der Waals surface area contributed by atoms with Crippen molar-refractivity contribution >= 4 is 17.5 Å². The van der Waals surface area contributed by atoms with Gasteiger partial charge in [0.2, 0.25) is 0 Å². The van der Waals surface area contributed by atoms with Crippen molar-refractivity contribution in [3.8, 4) is 16.9 Å². The van der Waals surface area contributed by atoms with Crippen LogP contribution in [0.1, 0.15) is 16.1 Å². The van der Waals surface area contributed by atoms with E-state index < -0.39 is 17.9 Å². The van der Waals surface area contributed by atoms with Gasteiger partial charge in [-0.25, -0.2) is 4.68 Å². The minimum atomic E-state index is -4.63. The summed E-state index contributed by atoms with van der Waals surface area (Å²) < 4.78 is 41.2. The van der Waals surface area contributed by atoms with Crippen molar-refractivity contribution in [2.45, 2.75) is 12.2 Å². The second-order valence-electron chi connectivity index (χ2n) is 7.04. The zero-order valence-electron chi connectivity index (χ0n) is 16.5. The van der Waals surface area contributed by atoms with Gasteiger partial charge in [-0.2, -0.15) is 18.3 Å². The Morgan fingerprint density at radius 3 is 2.47 bits per heavy atom. The van der Waals surface area contributed by atoms with Crippen molar-refractivity contribution in [1.82, 2.24) is 14.7 Å². The third-order valence-corrected chi connectivity index (χ3v) is 5.30. The molecule has 2 aromatic carbocycles. The molecule has 1 aliphatic heterocycles. The Labute approximate surface area is 186 Å². The molecular formula is C23H17ClF3N3O2. The first-order valence-corrected chi connectivity index (χ1v) is 9.98. The molecule has 1 unspecified atom stereocenters. The lowest BCUT2D eigenvalue weighted by Crippen LogP contribution is -2.38. The van der Waals surface area contributed by atoms with Gasteiger partial charge in [0.25, 0.3) is 5.91 Å². The quantitative estimate of drug-likeness (QED) is 0.590. The molecule has 0 fully saturated rings. The molecule has 1 amide bonds. The standard InChI is InChI=1S/C23H17ClF3N3O2/c24-18-6-1-2-7-19(18)30-20(13-21(28-30)23(25,26)27)15-8-10-16(11-9-15)22(32)29-12-4-3-5-17(29)14-31/h1-13,17,31H,14H2. The van der Waals surface area contributed by atoms with Crippen LogP contribution in [0.4, 0.5) is 13.2 Å². The summed E-state index contributed by atoms with van der Waals surface area (Å²) in [7, 11) is 0. The molecule has 0 saturated carbocycles. The van der Waals surface area contributed by atoms with Crippen LogP contribution in [0.2, 0.25) is 5.02 Å². The van der Waals surface area contributed by atoms with Crippen LogP contribution in [0.3, 0.4) is 0 Å². The number of carbonyl (C=O) groups excluding carboxylic acids is 1. The summed E-state index contributed by atoms with van der Waals surface area (Å²) >= 11 is 6.20. The Bertz CT molecular complexity index is 1200. The molecule has 9 heteroatoms. The van der Waals surface area contributed by atoms with Crippen molar-refractivity contribution in [2.24, 2.45) is 0 Å². The molecule has 164 valence electrons. The largest absolute Gasteiger partial charge is 0.435 e. The van der Waals surface area contributed by atoms with Crippen molar-refractivity contribution in [1.29, 1.82) is 0 Å². The topological polar surface area (TPSA) is 58.4 Å². The molecule has 1 aliphatic rings. The van der Waals surface area contributed by atoms with E-state index in [0.717, 1.165) is 10.7 Å². The molecule has 1 atom stereocenters. The smallest absolute Gasteiger partial charge is 0.394 e. The number of rotatable bonds is 4. The Balaban J connectivity index is 1.72. The molecule has 0 radical (unpaired) electrons. The van der Waals surface area contributed by atoms with E-state index in [4.69, 9.17) is 11.6 Å². The van der Waals surface area contributed by atoms with E-state index >= 15 is 0 Å². The van der Waals surface area contributed by atoms with Crippen LogP contribution in [-0.4, -0.2) is 38.3 Å². The number of hydrogen-bond acceptors (Lipinski definition) is 3. The summed E-state index contributed by atoms with van der Waals surface area (Å²) in [5.74, 6) is -0.341. The number of amides is 1. The van der Waals surface area contributed by atoms with E-state index in [-0.39, 0.29) is 23.2 Å². The minimum Gasteiger partial charge on any atom is -0.394 e. The highest BCUT2D eigenvalue weighted by Gasteiger charge is 2.35. The molecular weight excluding hydrogens is 443 g/mol. The first kappa shape index (κ1) is 21.9. The Morgan fingerprint density at radius 2 is 1.81 bits per heavy atom. The van der Waals surface area contributed by atoms with Crippen molar-refractivity contribution in [3.63, 3.8) is 0 Å². The predicted octanol–water partition coefficient (Wildman–Crippen LogP) is 5.10. The summed E-state index contributed by atoms with van der Waals surface area (Å²) in [6.07, 6.45) is 2.05. The number of aromatic nitrogens is 2. The van der Waals surface area contributed by atoms with Crippen LogP contribution < -0.4 is 0 Å². The summed E-state index contributed by atoms with van der Waals surface area (Å²) in [4.78, 5) is 14.2. The number of aliphatic hydroxyl groups is 1. The van der Waals surface area contributed by atoms with Gasteiger partial charge >= 0.3 is 6.18 Å². The van der Waals surface area contributed by atoms with Crippen molar-refractivity contribution < 1.29 is 23.1 Å². The number of nitrogens with zero attached hydrogens (tertiary/aromatic N) is 3. The fourth-order valence-electron chi connectivity index (χ4n) is 3.37. The van der Waals surface area contributed by atoms with E-state index in [0.29, 0.717) is 16.8 Å². The zero-order chi connectivity index (χ0) is 22.9. The van der Waals surface area contributed by atoms with Gasteiger partial charge in [0.1, 0.15) is 0 Å². The van der Waals surface area contributed by atoms with Crippen LogP contribution in [0.5, 0.6) is 0 Å². The van der Waals surface area contributed by atoms with Crippen molar-refractivity contribution in [2.75, 3.05) is 6.61 Å². The van der Waals surface area contributed by atoms with Crippen LogP contribution in [0, 0.1) is 0 Å². The van der Waals surface area contributed by atoms with Gasteiger partial charge in [0.05, 0.1) is 29.1 Å². The van der Waals surface area contributed by atoms with Gasteiger partial charge in [-0.15, -0.1) is 0 Å². The van der Waals surface area contributed by atoms with Crippen LogP contribution in [0.15, 0.2) is 79.0 Å². The van der Waals surface area contributed by atoms with Gasteiger partial charge < -0.3 is 10.0 Å². The molecule has 0 spiro atoms. The van der Waals surface area contributed by atoms with Gasteiger partial charge in [0, 0.05) is 17.3 Å². The highest BCUT2D eigenvalue weighted by Crippen LogP contribution is 2.34. The monoisotopic (exact) mass is 459 g/mol. The van der Waals surface area contributed by atoms with Crippen molar-refractivity contribution in [3.05, 3.63) is 95.3 Å². The molecule has 2 heterocycles. The molecule has 0 bridgehead atoms. The normalized spacial score (nSPS) is 15.9. The number of para-hydroxylation sites is 1. The molecule has 1 N–H and O–H groups in total. The average Bonchev–Trinajstić information content (AvgIpc) is 3.25. The molecule has 0 aliphatic carbocycles. The number of allylic oxidation sites excluding steroid dienone is 2. The summed E-state index contributed by atoms with van der Waals surface area (Å²) in [5, 5.41) is 13.5. The lowest BCUT2D eigenvalue weighted by Gasteiger charge is -2.27. The first-order valence-electron chi connectivity index (χ1n) is 9.60. The van der Waals surface area contributed by atoms with Crippen LogP contribution >= 0.6 is 11.6 Å². The second-order valence-corrected chi connectivity index (χ2v) is 7.45. The van der Waals surface area contributed by atoms with E-state index in [9.17, 15) is 23.1 Å². The number of alkyl halides is 3. The molecule has 5 nitrogen and oxygen atoms in total. The van der Waals surface area contributed by atoms with Crippen LogP contribution in [0.25, 0.3) is 16.9 Å². The van der Waals surface area contributed by atoms with Gasteiger partial charge in [-0.3, -0.25) is 4.79 Å². The fourth-order valence-corrected chi connectivity index (χ4v) is 3.59. The van der Waals surface area contributed by atoms with E-state index in [1.54, 1.807) is 60.8 Å². The van der Waals surface area contributed by atoms with Gasteiger partial charge in [0.15, 0.2) is 5.69 Å². The lowest BCUT2D eigenvalue weighted by molar-refractivity contribution is -0.141. The zero-order valence-corrected chi connectivity index (χ0v) is 17.3. The maximum atomic E-state index is 13.4. The molecule has 4 rings (SSSR count). The maximum absolute atomic E-state index is 13.4. The number of aliphatic hydroxyl groups excluding tert-OH is 1. The molecule has 32 heavy (non-hydrogen) atoms. The molecule has 3 aromatic rings. The third kappa shape index (κ3) is 4.19. The first-order chi connectivity index (χ1) is 15.3. The number of benzene rings is 2. The fraction of sp³-hybridized carbons (Fsp3) is 0.130. The number of carbonyl (C=O) groups is 1. The van der Waals surface area contributed by atoms with Gasteiger partial charge in [-0.05, 0) is 36.4 Å². The summed E-state index contributed by atoms with van der Waals surface area (Å²) in [6, 6.07) is 13.1. The minimum absolute atomic E-state index is 0.179. The Kier molecular flexibility index (Phi) is 5.90. The molecule has 0 saturated heterocycles. The SMILES string of the molecule is O=C(c1ccc(-c2cc(C(F)(F)F)nn2-c2ccccc2Cl)cc1)N1C=CC=CC1CO. The predicted molar refractivity (Wildman–Crippen MR) is 114 cm³/mol. The van der Waals surface area contributed by atoms with E-state index in [1.807, 2.05) is 0 Å². The maximum Gasteiger partial charge on any atom is 0.435 e. The summed E-state index contributed by atoms with van der Waals surface area (Å²) in [5.41, 5.74) is 0.183. The third-order valence-electron chi connectivity index (χ3n) is 4.98. The lowest BCUT2D eigenvalue weighted by atomic mass is 10.1. The average molecular weight is 460 g/mol. The Hall–Kier alpha value is -3.36. The Morgan fingerprint density at radius 1 is 1.09 bits per heavy atom. The summed E-state index contributed by atoms with van der Waals surface area (Å²) in [6.45, 7) is -0.234.